The molecule has 164 valence electrons. The van der Waals surface area contributed by atoms with Gasteiger partial charge >= 0.3 is 0 Å². The van der Waals surface area contributed by atoms with E-state index in [9.17, 15) is 9.59 Å². The van der Waals surface area contributed by atoms with Gasteiger partial charge in [-0.25, -0.2) is 0 Å². The Morgan fingerprint density at radius 1 is 0.968 bits per heavy atom. The molecule has 0 atom stereocenters. The number of aryl methyl sites for hydroxylation is 1. The molecular formula is C23H29N5O3. The van der Waals surface area contributed by atoms with E-state index in [0.29, 0.717) is 23.8 Å². The molecule has 1 aliphatic rings. The number of carbonyl (C=O) groups excluding carboxylic acids is 2. The molecule has 0 spiro atoms. The number of benzene rings is 2. The maximum absolute atomic E-state index is 12.8. The molecule has 0 bridgehead atoms. The fourth-order valence-electron chi connectivity index (χ4n) is 3.10. The minimum Gasteiger partial charge on any atom is -0.379 e. The lowest BCUT2D eigenvalue weighted by atomic mass is 10.2. The van der Waals surface area contributed by atoms with E-state index in [-0.39, 0.29) is 11.8 Å². The number of aliphatic imine (C=N–C) groups is 1. The van der Waals surface area contributed by atoms with Gasteiger partial charge in [-0.05, 0) is 43.3 Å². The third-order valence-electron chi connectivity index (χ3n) is 4.80. The lowest BCUT2D eigenvalue weighted by Crippen LogP contribution is -2.39. The van der Waals surface area contributed by atoms with Crippen molar-refractivity contribution in [1.82, 2.24) is 10.2 Å². The molecule has 2 amide bonds. The molecule has 0 radical (unpaired) electrons. The van der Waals surface area contributed by atoms with E-state index in [0.717, 1.165) is 44.1 Å². The minimum atomic E-state index is -0.279. The molecule has 2 aromatic carbocycles. The Kier molecular flexibility index (Phi) is 8.14. The highest BCUT2D eigenvalue weighted by atomic mass is 16.5. The zero-order valence-electron chi connectivity index (χ0n) is 18.0. The average molecular weight is 424 g/mol. The van der Waals surface area contributed by atoms with Gasteiger partial charge in [-0.3, -0.25) is 24.8 Å². The van der Waals surface area contributed by atoms with Crippen LogP contribution in [0.25, 0.3) is 0 Å². The summed E-state index contributed by atoms with van der Waals surface area (Å²) >= 11 is 0. The molecule has 1 saturated heterocycles. The fourth-order valence-corrected chi connectivity index (χ4v) is 3.10. The lowest BCUT2D eigenvalue weighted by molar-refractivity contribution is -0.114. The molecule has 2 aromatic rings. The Balaban J connectivity index is 1.66. The molecule has 1 aliphatic heterocycles. The summed E-state index contributed by atoms with van der Waals surface area (Å²) in [5, 5.41) is 8.75. The maximum atomic E-state index is 12.8. The molecule has 3 rings (SSSR count). The molecule has 31 heavy (non-hydrogen) atoms. The largest absolute Gasteiger partial charge is 0.379 e. The van der Waals surface area contributed by atoms with Crippen LogP contribution >= 0.6 is 0 Å². The van der Waals surface area contributed by atoms with Gasteiger partial charge in [0, 0.05) is 43.5 Å². The molecule has 0 aliphatic carbocycles. The third-order valence-corrected chi connectivity index (χ3v) is 4.80. The Bertz CT molecular complexity index is 904. The first-order valence-corrected chi connectivity index (χ1v) is 10.4. The molecule has 8 nitrogen and oxygen atoms in total. The molecule has 3 N–H and O–H groups in total. The van der Waals surface area contributed by atoms with Gasteiger partial charge in [-0.1, -0.05) is 17.7 Å². The maximum Gasteiger partial charge on any atom is 0.257 e. The van der Waals surface area contributed by atoms with Gasteiger partial charge < -0.3 is 15.4 Å². The molecule has 8 heteroatoms. The number of amides is 2. The lowest BCUT2D eigenvalue weighted by Gasteiger charge is -2.25. The summed E-state index contributed by atoms with van der Waals surface area (Å²) in [7, 11) is 0. The quantitative estimate of drug-likeness (QED) is 0.490. The van der Waals surface area contributed by atoms with Crippen LogP contribution < -0.4 is 16.0 Å². The van der Waals surface area contributed by atoms with E-state index in [1.54, 1.807) is 24.3 Å². The molecule has 1 heterocycles. The van der Waals surface area contributed by atoms with Crippen LogP contribution in [0, 0.1) is 6.92 Å². The highest BCUT2D eigenvalue weighted by Crippen LogP contribution is 2.11. The number of hydrogen-bond acceptors (Lipinski definition) is 5. The van der Waals surface area contributed by atoms with Crippen LogP contribution in [0.2, 0.25) is 0 Å². The Morgan fingerprint density at radius 2 is 1.58 bits per heavy atom. The number of anilines is 2. The van der Waals surface area contributed by atoms with Crippen LogP contribution in [0.5, 0.6) is 0 Å². The van der Waals surface area contributed by atoms with E-state index < -0.39 is 0 Å². The van der Waals surface area contributed by atoms with Crippen LogP contribution in [0.4, 0.5) is 11.4 Å². The Labute approximate surface area is 182 Å². The van der Waals surface area contributed by atoms with E-state index in [2.05, 4.69) is 25.8 Å². The van der Waals surface area contributed by atoms with Crippen molar-refractivity contribution >= 4 is 29.1 Å². The fraction of sp³-hybridized carbons (Fsp3) is 0.348. The van der Waals surface area contributed by atoms with Crippen molar-refractivity contribution in [2.75, 3.05) is 50.0 Å². The van der Waals surface area contributed by atoms with Crippen LogP contribution in [0.3, 0.4) is 0 Å². The van der Waals surface area contributed by atoms with Gasteiger partial charge in [0.1, 0.15) is 0 Å². The predicted octanol–water partition coefficient (Wildman–Crippen LogP) is 2.48. The smallest absolute Gasteiger partial charge is 0.257 e. The molecular weight excluding hydrogens is 394 g/mol. The zero-order chi connectivity index (χ0) is 22.1. The van der Waals surface area contributed by atoms with Crippen molar-refractivity contribution < 1.29 is 14.3 Å². The van der Waals surface area contributed by atoms with Crippen molar-refractivity contribution in [2.24, 2.45) is 4.99 Å². The predicted molar refractivity (Wildman–Crippen MR) is 123 cm³/mol. The molecule has 0 aromatic heterocycles. The number of ether oxygens (including phenoxy) is 1. The summed E-state index contributed by atoms with van der Waals surface area (Å²) < 4.78 is 5.38. The number of guanidine groups is 1. The van der Waals surface area contributed by atoms with Crippen LogP contribution in [0.1, 0.15) is 22.8 Å². The highest BCUT2D eigenvalue weighted by molar-refractivity contribution is 6.10. The van der Waals surface area contributed by atoms with E-state index in [1.807, 2.05) is 31.2 Å². The van der Waals surface area contributed by atoms with E-state index in [4.69, 9.17) is 4.74 Å². The number of rotatable bonds is 6. The van der Waals surface area contributed by atoms with Crippen LogP contribution in [0.15, 0.2) is 53.5 Å². The van der Waals surface area contributed by atoms with Crippen LogP contribution in [-0.2, 0) is 9.53 Å². The second-order valence-electron chi connectivity index (χ2n) is 7.39. The van der Waals surface area contributed by atoms with E-state index in [1.165, 1.54) is 6.92 Å². The third kappa shape index (κ3) is 7.51. The van der Waals surface area contributed by atoms with Crippen molar-refractivity contribution in [3.63, 3.8) is 0 Å². The van der Waals surface area contributed by atoms with Crippen LogP contribution in [-0.4, -0.2) is 62.1 Å². The Morgan fingerprint density at radius 3 is 2.23 bits per heavy atom. The monoisotopic (exact) mass is 423 g/mol. The topological polar surface area (TPSA) is 95.1 Å². The standard InChI is InChI=1S/C23H29N5O3/c1-17-3-7-21(8-4-17)26-23(24-11-12-28-13-15-31-16-14-28)27-22(30)19-5-9-20(10-6-19)25-18(2)29/h3-10H,11-16H2,1-2H3,(H,25,29)(H2,24,26,27,30). The van der Waals surface area contributed by atoms with E-state index >= 15 is 0 Å². The van der Waals surface area contributed by atoms with Gasteiger partial charge in [0.2, 0.25) is 11.9 Å². The van der Waals surface area contributed by atoms with Gasteiger partial charge in [0.25, 0.3) is 5.91 Å². The summed E-state index contributed by atoms with van der Waals surface area (Å²) in [5.41, 5.74) is 3.11. The number of carbonyl (C=O) groups is 2. The zero-order valence-corrected chi connectivity index (χ0v) is 18.0. The highest BCUT2D eigenvalue weighted by Gasteiger charge is 2.12. The molecule has 1 fully saturated rings. The van der Waals surface area contributed by atoms with Crippen molar-refractivity contribution in [2.45, 2.75) is 13.8 Å². The Hall–Kier alpha value is -3.23. The van der Waals surface area contributed by atoms with Crippen molar-refractivity contribution in [3.8, 4) is 0 Å². The summed E-state index contributed by atoms with van der Waals surface area (Å²) in [5.74, 6) is -0.0404. The first-order valence-electron chi connectivity index (χ1n) is 10.4. The van der Waals surface area contributed by atoms with Gasteiger partial charge in [-0.15, -0.1) is 0 Å². The van der Waals surface area contributed by atoms with Gasteiger partial charge in [0.15, 0.2) is 0 Å². The number of nitrogens with one attached hydrogen (secondary N) is 3. The summed E-state index contributed by atoms with van der Waals surface area (Å²) in [4.78, 5) is 30.8. The molecule has 0 saturated carbocycles. The molecule has 0 unspecified atom stereocenters. The second-order valence-corrected chi connectivity index (χ2v) is 7.39. The first kappa shape index (κ1) is 22.5. The number of morpholine rings is 1. The number of hydrogen-bond donors (Lipinski definition) is 3. The summed E-state index contributed by atoms with van der Waals surface area (Å²) in [6.07, 6.45) is 0. The van der Waals surface area contributed by atoms with Gasteiger partial charge in [0.05, 0.1) is 19.8 Å². The average Bonchev–Trinajstić information content (AvgIpc) is 2.76. The second kappa shape index (κ2) is 11.2. The SMILES string of the molecule is CC(=O)Nc1ccc(C(=O)NC(=NCCN2CCOCC2)Nc2ccc(C)cc2)cc1. The normalized spacial score (nSPS) is 14.7. The van der Waals surface area contributed by atoms with Crippen molar-refractivity contribution in [3.05, 3.63) is 59.7 Å². The summed E-state index contributed by atoms with van der Waals surface area (Å²) in [6.45, 7) is 8.07. The number of nitrogens with zero attached hydrogens (tertiary/aromatic N) is 2. The first-order chi connectivity index (χ1) is 15.0. The van der Waals surface area contributed by atoms with Gasteiger partial charge in [-0.2, -0.15) is 0 Å². The minimum absolute atomic E-state index is 0.158. The van der Waals surface area contributed by atoms with Crippen molar-refractivity contribution in [1.29, 1.82) is 0 Å². The summed E-state index contributed by atoms with van der Waals surface area (Å²) in [6, 6.07) is 14.6.